The van der Waals surface area contributed by atoms with E-state index < -0.39 is 0 Å². The minimum absolute atomic E-state index is 1.07. The highest BCUT2D eigenvalue weighted by Gasteiger charge is 2.21. The summed E-state index contributed by atoms with van der Waals surface area (Å²) < 4.78 is 2.37. The summed E-state index contributed by atoms with van der Waals surface area (Å²) in [6, 6.07) is 106. The van der Waals surface area contributed by atoms with Gasteiger partial charge in [0.15, 0.2) is 0 Å². The van der Waals surface area contributed by atoms with E-state index in [1.807, 2.05) is 0 Å². The molecule has 0 saturated carbocycles. The highest BCUT2D eigenvalue weighted by molar-refractivity contribution is 6.10. The Hall–Kier alpha value is -9.50. The van der Waals surface area contributed by atoms with Crippen molar-refractivity contribution in [3.8, 4) is 72.4 Å². The Balaban J connectivity index is 0.907. The van der Waals surface area contributed by atoms with Crippen molar-refractivity contribution in [1.29, 1.82) is 0 Å². The molecule has 0 aliphatic carbocycles. The highest BCUT2D eigenvalue weighted by atomic mass is 15.1. The van der Waals surface area contributed by atoms with E-state index >= 15 is 0 Å². The Kier molecular flexibility index (Phi) is 10.9. The van der Waals surface area contributed by atoms with Gasteiger partial charge >= 0.3 is 0 Å². The molecule has 12 aromatic carbocycles. The van der Waals surface area contributed by atoms with Crippen molar-refractivity contribution in [2.75, 3.05) is 4.90 Å². The Morgan fingerprint density at radius 2 is 0.667 bits per heavy atom. The predicted octanol–water partition coefficient (Wildman–Crippen LogP) is 19.4. The van der Waals surface area contributed by atoms with E-state index in [1.54, 1.807) is 0 Å². The molecule has 1 heterocycles. The van der Waals surface area contributed by atoms with Gasteiger partial charge in [0.05, 0.1) is 16.7 Å². The third kappa shape index (κ3) is 7.82. The lowest BCUT2D eigenvalue weighted by Gasteiger charge is -2.29. The number of nitrogens with zero attached hydrogens (tertiary/aromatic N) is 2. The smallest absolute Gasteiger partial charge is 0.0541 e. The van der Waals surface area contributed by atoms with Crippen LogP contribution in [0.15, 0.2) is 291 Å². The first-order valence-corrected chi connectivity index (χ1v) is 24.7. The molecule has 0 radical (unpaired) electrons. The van der Waals surface area contributed by atoms with Gasteiger partial charge in [-0.2, -0.15) is 0 Å². The summed E-state index contributed by atoms with van der Waals surface area (Å²) in [5, 5.41) is 4.99. The van der Waals surface area contributed by atoms with E-state index in [4.69, 9.17) is 0 Å². The first-order valence-electron chi connectivity index (χ1n) is 24.7. The maximum atomic E-state index is 2.42. The van der Waals surface area contributed by atoms with Gasteiger partial charge in [-0.05, 0) is 139 Å². The fraction of sp³-hybridized carbons (Fsp3) is 0. The van der Waals surface area contributed by atoms with Crippen LogP contribution in [0, 0.1) is 0 Å². The van der Waals surface area contributed by atoms with E-state index in [-0.39, 0.29) is 0 Å². The maximum Gasteiger partial charge on any atom is 0.0541 e. The molecule has 13 aromatic rings. The fourth-order valence-electron chi connectivity index (χ4n) is 10.7. The van der Waals surface area contributed by atoms with Crippen molar-refractivity contribution in [2.45, 2.75) is 0 Å². The highest BCUT2D eigenvalue weighted by Crippen LogP contribution is 2.46. The van der Waals surface area contributed by atoms with Gasteiger partial charge in [-0.15, -0.1) is 0 Å². The number of benzene rings is 12. The third-order valence-corrected chi connectivity index (χ3v) is 14.2. The molecular weight excluding hydrogens is 869 g/mol. The monoisotopic (exact) mass is 916 g/mol. The molecule has 0 unspecified atom stereocenters. The van der Waals surface area contributed by atoms with Crippen molar-refractivity contribution in [1.82, 2.24) is 4.57 Å². The summed E-state index contributed by atoms with van der Waals surface area (Å²) in [7, 11) is 0. The SMILES string of the molecule is c1ccc(-c2ccccc2-c2ccccc2-c2ccccc2N(c2ccc(-c3ccc(-c4ccc5ccccc5c4)cc3)cc2)c2ccc(-c3ccc4c(c3)c3ccccc3n4-c3ccccc3)cc2)cc1. The minimum atomic E-state index is 1.07. The summed E-state index contributed by atoms with van der Waals surface area (Å²) in [5.41, 5.74) is 21.0. The van der Waals surface area contributed by atoms with Crippen molar-refractivity contribution >= 4 is 49.6 Å². The topological polar surface area (TPSA) is 8.17 Å². The molecule has 72 heavy (non-hydrogen) atoms. The van der Waals surface area contributed by atoms with Crippen molar-refractivity contribution in [2.24, 2.45) is 0 Å². The number of fused-ring (bicyclic) bond motifs is 4. The quantitative estimate of drug-likeness (QED) is 0.133. The summed E-state index contributed by atoms with van der Waals surface area (Å²) in [4.78, 5) is 2.42. The van der Waals surface area contributed by atoms with Crippen LogP contribution in [0.5, 0.6) is 0 Å². The number of hydrogen-bond acceptors (Lipinski definition) is 1. The summed E-state index contributed by atoms with van der Waals surface area (Å²) in [6.45, 7) is 0. The van der Waals surface area contributed by atoms with Gasteiger partial charge < -0.3 is 9.47 Å². The number of rotatable bonds is 10. The number of anilines is 3. The Morgan fingerprint density at radius 1 is 0.236 bits per heavy atom. The first-order chi connectivity index (χ1) is 35.7. The Labute approximate surface area is 420 Å². The number of aromatic nitrogens is 1. The fourth-order valence-corrected chi connectivity index (χ4v) is 10.7. The van der Waals surface area contributed by atoms with Gasteiger partial charge in [0.1, 0.15) is 0 Å². The molecule has 0 N–H and O–H groups in total. The maximum absolute atomic E-state index is 2.42. The zero-order valence-corrected chi connectivity index (χ0v) is 39.6. The van der Waals surface area contributed by atoms with Crippen LogP contribution >= 0.6 is 0 Å². The molecule has 1 aromatic heterocycles. The molecule has 0 fully saturated rings. The lowest BCUT2D eigenvalue weighted by atomic mass is 9.88. The average molecular weight is 917 g/mol. The van der Waals surface area contributed by atoms with Crippen LogP contribution in [-0.2, 0) is 0 Å². The third-order valence-electron chi connectivity index (χ3n) is 14.2. The van der Waals surface area contributed by atoms with Crippen molar-refractivity contribution in [3.05, 3.63) is 291 Å². The van der Waals surface area contributed by atoms with Crippen LogP contribution in [0.3, 0.4) is 0 Å². The molecule has 13 rings (SSSR count). The van der Waals surface area contributed by atoms with Crippen LogP contribution in [0.1, 0.15) is 0 Å². The lowest BCUT2D eigenvalue weighted by Crippen LogP contribution is -2.11. The second-order valence-corrected chi connectivity index (χ2v) is 18.5. The minimum Gasteiger partial charge on any atom is -0.310 e. The van der Waals surface area contributed by atoms with Crippen molar-refractivity contribution < 1.29 is 0 Å². The summed E-state index contributed by atoms with van der Waals surface area (Å²) in [5.74, 6) is 0. The molecule has 0 bridgehead atoms. The van der Waals surface area contributed by atoms with Gasteiger partial charge in [-0.25, -0.2) is 0 Å². The van der Waals surface area contributed by atoms with Crippen LogP contribution in [0.2, 0.25) is 0 Å². The predicted molar refractivity (Wildman–Crippen MR) is 306 cm³/mol. The van der Waals surface area contributed by atoms with E-state index in [9.17, 15) is 0 Å². The molecule has 0 aliphatic rings. The molecule has 338 valence electrons. The van der Waals surface area contributed by atoms with E-state index in [0.717, 1.165) is 33.9 Å². The van der Waals surface area contributed by atoms with Gasteiger partial charge in [0.2, 0.25) is 0 Å². The Morgan fingerprint density at radius 3 is 1.33 bits per heavy atom. The summed E-state index contributed by atoms with van der Waals surface area (Å²) in [6.07, 6.45) is 0. The van der Waals surface area contributed by atoms with Crippen LogP contribution in [0.25, 0.3) is 105 Å². The molecule has 0 aliphatic heterocycles. The Bertz CT molecular complexity index is 4060. The molecule has 0 spiro atoms. The zero-order valence-electron chi connectivity index (χ0n) is 39.6. The van der Waals surface area contributed by atoms with Crippen LogP contribution in [-0.4, -0.2) is 4.57 Å². The second-order valence-electron chi connectivity index (χ2n) is 18.5. The normalized spacial score (nSPS) is 11.3. The molecule has 2 nitrogen and oxygen atoms in total. The summed E-state index contributed by atoms with van der Waals surface area (Å²) >= 11 is 0. The molecule has 2 heteroatoms. The van der Waals surface area contributed by atoms with Gasteiger partial charge in [0, 0.05) is 33.4 Å². The average Bonchev–Trinajstić information content (AvgIpc) is 3.80. The standard InChI is InChI=1S/C70H48N2/c1-3-18-54(19-4-1)61-23-9-10-24-62(61)63-25-11-12-26-64(63)65-27-13-15-29-68(65)71(59-42-37-51(38-43-59)50-31-33-52(34-32-50)56-36-35-49-17-7-8-20-55(49)47-56)60-44-39-53(40-45-60)57-41-46-70-67(48-57)66-28-14-16-30-69(66)72(70)58-21-5-2-6-22-58/h1-48H. The zero-order chi connectivity index (χ0) is 47.8. The van der Waals surface area contributed by atoms with Gasteiger partial charge in [0.25, 0.3) is 0 Å². The van der Waals surface area contributed by atoms with Gasteiger partial charge in [-0.3, -0.25) is 0 Å². The van der Waals surface area contributed by atoms with Gasteiger partial charge in [-0.1, -0.05) is 224 Å². The molecular formula is C70H48N2. The molecule has 0 saturated heterocycles. The molecule has 0 amide bonds. The second kappa shape index (κ2) is 18.4. The van der Waals surface area contributed by atoms with E-state index in [2.05, 4.69) is 301 Å². The largest absolute Gasteiger partial charge is 0.310 e. The molecule has 0 atom stereocenters. The first kappa shape index (κ1) is 42.6. The number of para-hydroxylation sites is 3. The van der Waals surface area contributed by atoms with Crippen LogP contribution in [0.4, 0.5) is 17.1 Å². The number of hydrogen-bond donors (Lipinski definition) is 0. The van der Waals surface area contributed by atoms with E-state index in [0.29, 0.717) is 0 Å². The van der Waals surface area contributed by atoms with Crippen molar-refractivity contribution in [3.63, 3.8) is 0 Å². The van der Waals surface area contributed by atoms with E-state index in [1.165, 1.54) is 88.2 Å². The lowest BCUT2D eigenvalue weighted by molar-refractivity contribution is 1.18. The van der Waals surface area contributed by atoms with Crippen LogP contribution < -0.4 is 4.90 Å².